The van der Waals surface area contributed by atoms with Gasteiger partial charge in [0.1, 0.15) is 12.1 Å². The summed E-state index contributed by atoms with van der Waals surface area (Å²) in [5, 5.41) is 11.3. The maximum Gasteiger partial charge on any atom is 0.125 e. The average Bonchev–Trinajstić information content (AvgIpc) is 2.96. The van der Waals surface area contributed by atoms with E-state index in [9.17, 15) is 0 Å². The summed E-state index contributed by atoms with van der Waals surface area (Å²) in [4.78, 5) is 0. The summed E-state index contributed by atoms with van der Waals surface area (Å²) in [6, 6.07) is 16.7. The number of rotatable bonds is 0. The van der Waals surface area contributed by atoms with Crippen LogP contribution in [0.3, 0.4) is 0 Å². The third-order valence-electron chi connectivity index (χ3n) is 4.41. The van der Waals surface area contributed by atoms with Gasteiger partial charge in [-0.25, -0.2) is 0 Å². The van der Waals surface area contributed by atoms with Gasteiger partial charge in [-0.15, -0.1) is 0 Å². The first-order valence-electron chi connectivity index (χ1n) is 7.96. The van der Waals surface area contributed by atoms with Crippen LogP contribution in [0, 0.1) is 11.8 Å². The Morgan fingerprint density at radius 2 is 1.43 bits per heavy atom. The molecule has 1 heterocycles. The maximum absolute atomic E-state index is 4.63. The molecule has 0 saturated carbocycles. The molecule has 0 radical (unpaired) electrons. The fraction of sp³-hybridized carbons (Fsp3) is 0.300. The van der Waals surface area contributed by atoms with Crippen LogP contribution < -0.4 is 0 Å². The molecule has 0 amide bonds. The number of hydrogen-bond acceptors (Lipinski definition) is 3. The number of nitrogens with zero attached hydrogens (tertiary/aromatic N) is 3. The van der Waals surface area contributed by atoms with Crippen LogP contribution in [-0.4, -0.2) is 10.5 Å². The van der Waals surface area contributed by atoms with E-state index in [2.05, 4.69) is 84.4 Å². The molecule has 0 aromatic heterocycles. The highest BCUT2D eigenvalue weighted by atomic mass is 15.6. The summed E-state index contributed by atoms with van der Waals surface area (Å²) in [5.41, 5.74) is 4.39. The van der Waals surface area contributed by atoms with Gasteiger partial charge in [-0.2, -0.15) is 5.11 Å². The van der Waals surface area contributed by atoms with Gasteiger partial charge in [0.25, 0.3) is 0 Å². The van der Waals surface area contributed by atoms with Crippen molar-refractivity contribution in [2.75, 3.05) is 0 Å². The molecule has 3 heteroatoms. The highest BCUT2D eigenvalue weighted by molar-refractivity contribution is 5.54. The molecule has 1 aliphatic heterocycles. The lowest BCUT2D eigenvalue weighted by atomic mass is 9.85. The second-order valence-corrected chi connectivity index (χ2v) is 7.03. The molecular formula is C20H19N3. The van der Waals surface area contributed by atoms with E-state index in [1.807, 2.05) is 12.1 Å². The third kappa shape index (κ3) is 2.22. The minimum atomic E-state index is -0.0996. The van der Waals surface area contributed by atoms with E-state index in [0.29, 0.717) is 0 Å². The molecule has 0 spiro atoms. The Labute approximate surface area is 137 Å². The zero-order chi connectivity index (χ0) is 16.0. The number of hydrogen-bond donors (Lipinski definition) is 0. The van der Waals surface area contributed by atoms with Crippen LogP contribution in [-0.2, 0) is 0 Å². The van der Waals surface area contributed by atoms with Crippen molar-refractivity contribution in [3.63, 3.8) is 0 Å². The van der Waals surface area contributed by atoms with Crippen molar-refractivity contribution in [2.24, 2.45) is 10.3 Å². The molecule has 2 aromatic carbocycles. The lowest BCUT2D eigenvalue weighted by Crippen LogP contribution is -2.39. The Balaban J connectivity index is 1.98. The smallest absolute Gasteiger partial charge is 0.125 e. The zero-order valence-electron chi connectivity index (χ0n) is 13.6. The zero-order valence-corrected chi connectivity index (χ0v) is 13.6. The van der Waals surface area contributed by atoms with Crippen molar-refractivity contribution in [3.8, 4) is 11.8 Å². The van der Waals surface area contributed by atoms with Crippen molar-refractivity contribution in [1.29, 1.82) is 0 Å². The van der Waals surface area contributed by atoms with Gasteiger partial charge in [0.15, 0.2) is 0 Å². The van der Waals surface area contributed by atoms with Crippen molar-refractivity contribution in [1.82, 2.24) is 5.01 Å². The molecule has 0 bridgehead atoms. The second kappa shape index (κ2) is 4.96. The van der Waals surface area contributed by atoms with Crippen molar-refractivity contribution >= 4 is 0 Å². The molecule has 4 rings (SSSR count). The molecule has 1 aliphatic carbocycles. The molecule has 3 nitrogen and oxygen atoms in total. The van der Waals surface area contributed by atoms with Crippen LogP contribution in [0.15, 0.2) is 58.9 Å². The highest BCUT2D eigenvalue weighted by Gasteiger charge is 2.42. The Bertz CT molecular complexity index is 849. The molecule has 23 heavy (non-hydrogen) atoms. The number of fused-ring (bicyclic) bond motifs is 5. The third-order valence-corrected chi connectivity index (χ3v) is 4.41. The molecule has 2 atom stereocenters. The topological polar surface area (TPSA) is 28.0 Å². The van der Waals surface area contributed by atoms with Crippen LogP contribution in [0.2, 0.25) is 0 Å². The van der Waals surface area contributed by atoms with Crippen molar-refractivity contribution < 1.29 is 0 Å². The highest BCUT2D eigenvalue weighted by Crippen LogP contribution is 2.47. The van der Waals surface area contributed by atoms with E-state index in [0.717, 1.165) is 16.7 Å². The SMILES string of the molecule is CC(C)(C)N1N=NC2c3ccccc3C#Cc3ccccc3C21. The molecule has 2 unspecified atom stereocenters. The molecular weight excluding hydrogens is 282 g/mol. The Morgan fingerprint density at radius 3 is 2.09 bits per heavy atom. The largest absolute Gasteiger partial charge is 0.263 e. The molecule has 2 aliphatic rings. The predicted octanol–water partition coefficient (Wildman–Crippen LogP) is 4.66. The van der Waals surface area contributed by atoms with Gasteiger partial charge < -0.3 is 0 Å². The minimum Gasteiger partial charge on any atom is -0.263 e. The molecule has 0 saturated heterocycles. The second-order valence-electron chi connectivity index (χ2n) is 7.03. The van der Waals surface area contributed by atoms with Gasteiger partial charge in [0, 0.05) is 11.1 Å². The first-order valence-corrected chi connectivity index (χ1v) is 7.96. The first-order chi connectivity index (χ1) is 11.1. The standard InChI is InChI=1S/C20H19N3/c1-20(2,3)23-19-17-11-7-5-9-15(17)13-12-14-8-4-6-10-16(14)18(19)21-22-23/h4-11,18-19H,1-3H3. The van der Waals surface area contributed by atoms with Gasteiger partial charge in [-0.3, -0.25) is 5.01 Å². The van der Waals surface area contributed by atoms with Crippen LogP contribution in [0.1, 0.15) is 55.1 Å². The van der Waals surface area contributed by atoms with Gasteiger partial charge in [0.05, 0.1) is 5.54 Å². The fourth-order valence-corrected chi connectivity index (χ4v) is 3.32. The van der Waals surface area contributed by atoms with E-state index in [4.69, 9.17) is 0 Å². The van der Waals surface area contributed by atoms with E-state index in [1.165, 1.54) is 5.56 Å². The van der Waals surface area contributed by atoms with Gasteiger partial charge in [-0.05, 0) is 44.0 Å². The lowest BCUT2D eigenvalue weighted by molar-refractivity contribution is 0.0970. The van der Waals surface area contributed by atoms with Crippen LogP contribution >= 0.6 is 0 Å². The first kappa shape index (κ1) is 14.0. The van der Waals surface area contributed by atoms with Crippen LogP contribution in [0.25, 0.3) is 0 Å². The molecule has 0 N–H and O–H groups in total. The molecule has 0 fully saturated rings. The van der Waals surface area contributed by atoms with E-state index >= 15 is 0 Å². The summed E-state index contributed by atoms with van der Waals surface area (Å²) in [6.07, 6.45) is 0. The Kier molecular flexibility index (Phi) is 3.02. The lowest BCUT2D eigenvalue weighted by Gasteiger charge is -2.37. The van der Waals surface area contributed by atoms with Crippen LogP contribution in [0.4, 0.5) is 0 Å². The quantitative estimate of drug-likeness (QED) is 0.650. The normalized spacial score (nSPS) is 21.4. The summed E-state index contributed by atoms with van der Waals surface area (Å²) >= 11 is 0. The Morgan fingerprint density at radius 1 is 0.870 bits per heavy atom. The molecule has 114 valence electrons. The summed E-state index contributed by atoms with van der Waals surface area (Å²) in [5.74, 6) is 6.66. The monoisotopic (exact) mass is 301 g/mol. The molecule has 2 aromatic rings. The predicted molar refractivity (Wildman–Crippen MR) is 90.8 cm³/mol. The van der Waals surface area contributed by atoms with Gasteiger partial charge in [0.2, 0.25) is 0 Å². The van der Waals surface area contributed by atoms with Crippen molar-refractivity contribution in [3.05, 3.63) is 70.8 Å². The van der Waals surface area contributed by atoms with Crippen LogP contribution in [0.5, 0.6) is 0 Å². The fourth-order valence-electron chi connectivity index (χ4n) is 3.32. The summed E-state index contributed by atoms with van der Waals surface area (Å²) in [6.45, 7) is 6.52. The van der Waals surface area contributed by atoms with E-state index < -0.39 is 0 Å². The van der Waals surface area contributed by atoms with Gasteiger partial charge in [-0.1, -0.05) is 53.5 Å². The summed E-state index contributed by atoms with van der Waals surface area (Å²) in [7, 11) is 0. The Hall–Kier alpha value is -2.60. The minimum absolute atomic E-state index is 0.0128. The average molecular weight is 301 g/mol. The van der Waals surface area contributed by atoms with Gasteiger partial charge >= 0.3 is 0 Å². The van der Waals surface area contributed by atoms with Crippen molar-refractivity contribution in [2.45, 2.75) is 38.4 Å². The van der Waals surface area contributed by atoms with E-state index in [-0.39, 0.29) is 17.6 Å². The van der Waals surface area contributed by atoms with E-state index in [1.54, 1.807) is 0 Å². The number of benzene rings is 2. The summed E-state index contributed by atoms with van der Waals surface area (Å²) < 4.78 is 0. The maximum atomic E-state index is 4.63.